The molecule has 0 unspecified atom stereocenters. The number of ether oxygens (including phenoxy) is 3. The van der Waals surface area contributed by atoms with Crippen LogP contribution < -0.4 is 0 Å². The summed E-state index contributed by atoms with van der Waals surface area (Å²) in [6, 6.07) is 0. The number of rotatable bonds is 12. The van der Waals surface area contributed by atoms with E-state index >= 15 is 0 Å². The average molecular weight is 268 g/mol. The van der Waals surface area contributed by atoms with Gasteiger partial charge in [0, 0.05) is 11.5 Å². The number of hydrogen-bond donors (Lipinski definition) is 1. The zero-order valence-electron chi connectivity index (χ0n) is 10.3. The molecule has 0 N–H and O–H groups in total. The molecule has 0 aliphatic heterocycles. The monoisotopic (exact) mass is 268 g/mol. The molecular weight excluding hydrogens is 244 g/mol. The smallest absolute Gasteiger partial charge is 0.0701 e. The van der Waals surface area contributed by atoms with Gasteiger partial charge in [-0.3, -0.25) is 0 Å². The molecule has 0 heterocycles. The van der Waals surface area contributed by atoms with E-state index in [1.807, 2.05) is 11.8 Å². The third-order valence-corrected chi connectivity index (χ3v) is 2.91. The molecule has 0 saturated carbocycles. The molecule has 5 heteroatoms. The van der Waals surface area contributed by atoms with Crippen molar-refractivity contribution in [1.82, 2.24) is 0 Å². The van der Waals surface area contributed by atoms with Crippen LogP contribution in [0.1, 0.15) is 13.8 Å². The van der Waals surface area contributed by atoms with Crippen LogP contribution in [0.15, 0.2) is 0 Å². The van der Waals surface area contributed by atoms with Crippen LogP contribution in [-0.2, 0) is 14.2 Å². The van der Waals surface area contributed by atoms with Crippen LogP contribution in [0.25, 0.3) is 0 Å². The Labute approximate surface area is 109 Å². The van der Waals surface area contributed by atoms with Crippen LogP contribution in [0.5, 0.6) is 0 Å². The van der Waals surface area contributed by atoms with Gasteiger partial charge < -0.3 is 14.2 Å². The van der Waals surface area contributed by atoms with Gasteiger partial charge in [-0.25, -0.2) is 0 Å². The topological polar surface area (TPSA) is 27.7 Å². The second-order valence-corrected chi connectivity index (χ2v) is 5.61. The quantitative estimate of drug-likeness (QED) is 0.433. The molecule has 0 bridgehead atoms. The van der Waals surface area contributed by atoms with Crippen LogP contribution in [0, 0.1) is 0 Å². The van der Waals surface area contributed by atoms with Gasteiger partial charge in [0.2, 0.25) is 0 Å². The van der Waals surface area contributed by atoms with Gasteiger partial charge in [0.05, 0.1) is 39.6 Å². The van der Waals surface area contributed by atoms with E-state index in [0.717, 1.165) is 18.1 Å². The molecule has 0 amide bonds. The fourth-order valence-corrected chi connectivity index (χ4v) is 1.76. The summed E-state index contributed by atoms with van der Waals surface area (Å²) in [6.45, 7) is 8.48. The van der Waals surface area contributed by atoms with E-state index in [-0.39, 0.29) is 0 Å². The molecule has 0 aromatic heterocycles. The van der Waals surface area contributed by atoms with Crippen molar-refractivity contribution in [2.24, 2.45) is 0 Å². The van der Waals surface area contributed by atoms with Gasteiger partial charge in [0.1, 0.15) is 0 Å². The van der Waals surface area contributed by atoms with Gasteiger partial charge in [0.15, 0.2) is 0 Å². The van der Waals surface area contributed by atoms with Crippen molar-refractivity contribution < 1.29 is 14.2 Å². The van der Waals surface area contributed by atoms with Gasteiger partial charge in [-0.1, -0.05) is 13.8 Å². The van der Waals surface area contributed by atoms with Crippen LogP contribution >= 0.6 is 24.4 Å². The lowest BCUT2D eigenvalue weighted by Crippen LogP contribution is -2.11. The molecule has 0 aromatic carbocycles. The molecule has 3 nitrogen and oxygen atoms in total. The highest BCUT2D eigenvalue weighted by atomic mass is 32.2. The second kappa shape index (κ2) is 13.6. The third kappa shape index (κ3) is 14.6. The maximum Gasteiger partial charge on any atom is 0.0701 e. The first-order valence-electron chi connectivity index (χ1n) is 5.73. The van der Waals surface area contributed by atoms with Gasteiger partial charge in [-0.05, 0) is 5.25 Å². The lowest BCUT2D eigenvalue weighted by atomic mass is 10.6. The minimum Gasteiger partial charge on any atom is -0.378 e. The zero-order valence-corrected chi connectivity index (χ0v) is 12.0. The Kier molecular flexibility index (Phi) is 14.1. The van der Waals surface area contributed by atoms with E-state index < -0.39 is 0 Å². The summed E-state index contributed by atoms with van der Waals surface area (Å²) < 4.78 is 15.9. The molecule has 0 aliphatic rings. The van der Waals surface area contributed by atoms with E-state index in [0.29, 0.717) is 38.3 Å². The highest BCUT2D eigenvalue weighted by Gasteiger charge is 1.94. The van der Waals surface area contributed by atoms with Gasteiger partial charge in [-0.2, -0.15) is 24.4 Å². The number of thioether (sulfide) groups is 1. The van der Waals surface area contributed by atoms with Crippen molar-refractivity contribution in [3.8, 4) is 0 Å². The van der Waals surface area contributed by atoms with E-state index in [2.05, 4.69) is 26.5 Å². The summed E-state index contributed by atoms with van der Waals surface area (Å²) >= 11 is 5.95. The minimum absolute atomic E-state index is 0.637. The maximum atomic E-state index is 5.41. The van der Waals surface area contributed by atoms with Gasteiger partial charge >= 0.3 is 0 Å². The molecule has 0 rings (SSSR count). The summed E-state index contributed by atoms with van der Waals surface area (Å²) in [5.74, 6) is 1.82. The first-order valence-corrected chi connectivity index (χ1v) is 7.41. The molecular formula is C11H24O3S2. The highest BCUT2D eigenvalue weighted by Crippen LogP contribution is 2.07. The van der Waals surface area contributed by atoms with Gasteiger partial charge in [0.25, 0.3) is 0 Å². The summed E-state index contributed by atoms with van der Waals surface area (Å²) in [4.78, 5) is 0. The Morgan fingerprint density at radius 3 is 1.88 bits per heavy atom. The van der Waals surface area contributed by atoms with Crippen molar-refractivity contribution in [3.05, 3.63) is 0 Å². The number of thiol groups is 1. The average Bonchev–Trinajstić information content (AvgIpc) is 2.25. The second-order valence-electron chi connectivity index (χ2n) is 3.48. The summed E-state index contributed by atoms with van der Waals surface area (Å²) in [5, 5.41) is 0.684. The Hall–Kier alpha value is 0.580. The lowest BCUT2D eigenvalue weighted by molar-refractivity contribution is 0.0205. The standard InChI is InChI=1S/C11H24O3S2/c1-11(2)16-10-8-14-6-4-12-3-5-13-7-9-15/h11,15H,3-10H2,1-2H3. The Balaban J connectivity index is 2.88. The van der Waals surface area contributed by atoms with Crippen LogP contribution in [-0.4, -0.2) is 56.4 Å². The maximum absolute atomic E-state index is 5.41. The first-order chi connectivity index (χ1) is 7.77. The molecule has 0 aromatic rings. The predicted octanol–water partition coefficient (Wildman–Crippen LogP) is 2.11. The molecule has 0 saturated heterocycles. The number of hydrogen-bond acceptors (Lipinski definition) is 5. The first kappa shape index (κ1) is 16.6. The Bertz CT molecular complexity index is 134. The molecule has 0 aliphatic carbocycles. The fourth-order valence-electron chi connectivity index (χ4n) is 0.949. The molecule has 0 radical (unpaired) electrons. The van der Waals surface area contributed by atoms with Crippen molar-refractivity contribution in [3.63, 3.8) is 0 Å². The Morgan fingerprint density at radius 2 is 1.38 bits per heavy atom. The van der Waals surface area contributed by atoms with E-state index in [4.69, 9.17) is 14.2 Å². The molecule has 98 valence electrons. The van der Waals surface area contributed by atoms with Crippen molar-refractivity contribution in [1.29, 1.82) is 0 Å². The Morgan fingerprint density at radius 1 is 0.875 bits per heavy atom. The molecule has 0 fully saturated rings. The van der Waals surface area contributed by atoms with E-state index in [1.165, 1.54) is 0 Å². The zero-order chi connectivity index (χ0) is 12.1. The SMILES string of the molecule is CC(C)SCCOCCOCCOCCS. The van der Waals surface area contributed by atoms with Crippen molar-refractivity contribution in [2.75, 3.05) is 51.1 Å². The summed E-state index contributed by atoms with van der Waals surface area (Å²) in [6.07, 6.45) is 0. The van der Waals surface area contributed by atoms with Crippen molar-refractivity contribution in [2.45, 2.75) is 19.1 Å². The fraction of sp³-hybridized carbons (Fsp3) is 1.00. The minimum atomic E-state index is 0.637. The van der Waals surface area contributed by atoms with E-state index in [9.17, 15) is 0 Å². The largest absolute Gasteiger partial charge is 0.378 e. The van der Waals surface area contributed by atoms with Crippen LogP contribution in [0.3, 0.4) is 0 Å². The third-order valence-electron chi connectivity index (χ3n) is 1.66. The normalized spacial score (nSPS) is 11.2. The van der Waals surface area contributed by atoms with Crippen molar-refractivity contribution >= 4 is 24.4 Å². The predicted molar refractivity (Wildman–Crippen MR) is 73.9 cm³/mol. The van der Waals surface area contributed by atoms with Crippen LogP contribution in [0.2, 0.25) is 0 Å². The molecule has 16 heavy (non-hydrogen) atoms. The van der Waals surface area contributed by atoms with Gasteiger partial charge in [-0.15, -0.1) is 0 Å². The van der Waals surface area contributed by atoms with Crippen LogP contribution in [0.4, 0.5) is 0 Å². The summed E-state index contributed by atoms with van der Waals surface area (Å²) in [7, 11) is 0. The summed E-state index contributed by atoms with van der Waals surface area (Å²) in [5.41, 5.74) is 0. The molecule has 0 atom stereocenters. The highest BCUT2D eigenvalue weighted by molar-refractivity contribution is 7.99. The molecule has 0 spiro atoms. The van der Waals surface area contributed by atoms with E-state index in [1.54, 1.807) is 0 Å². The lowest BCUT2D eigenvalue weighted by Gasteiger charge is -2.07.